The van der Waals surface area contributed by atoms with E-state index in [4.69, 9.17) is 10.7 Å². The van der Waals surface area contributed by atoms with Crippen LogP contribution in [0.4, 0.5) is 5.13 Å². The summed E-state index contributed by atoms with van der Waals surface area (Å²) in [7, 11) is 0. The molecule has 0 amide bonds. The molecule has 0 bridgehead atoms. The Morgan fingerprint density at radius 3 is 2.83 bits per heavy atom. The largest absolute Gasteiger partial charge is 0.375 e. The first-order valence-corrected chi connectivity index (χ1v) is 8.89. The third-order valence-corrected chi connectivity index (χ3v) is 4.55. The van der Waals surface area contributed by atoms with Crippen LogP contribution >= 0.6 is 11.3 Å². The number of fused-ring (bicyclic) bond motifs is 1. The van der Waals surface area contributed by atoms with Crippen LogP contribution in [-0.4, -0.2) is 21.1 Å². The van der Waals surface area contributed by atoms with Gasteiger partial charge in [0.2, 0.25) is 0 Å². The number of aromatic nitrogens is 3. The SMILES string of the molecule is CC(C)n1c(CNCCCc2csc(N)n2)nc2ccccc21. The maximum Gasteiger partial charge on any atom is 0.180 e. The maximum absolute atomic E-state index is 5.65. The van der Waals surface area contributed by atoms with Crippen molar-refractivity contribution in [3.8, 4) is 0 Å². The lowest BCUT2D eigenvalue weighted by molar-refractivity contribution is 0.549. The van der Waals surface area contributed by atoms with Gasteiger partial charge in [0.25, 0.3) is 0 Å². The quantitative estimate of drug-likeness (QED) is 0.652. The first-order chi connectivity index (χ1) is 11.1. The number of anilines is 1. The number of benzene rings is 1. The number of hydrogen-bond donors (Lipinski definition) is 2. The minimum atomic E-state index is 0.400. The first kappa shape index (κ1) is 16.0. The van der Waals surface area contributed by atoms with Crippen LogP contribution in [0, 0.1) is 0 Å². The van der Waals surface area contributed by atoms with Crippen molar-refractivity contribution in [3.05, 3.63) is 41.2 Å². The molecular formula is C17H23N5S. The third kappa shape index (κ3) is 3.71. The number of imidazole rings is 1. The highest BCUT2D eigenvalue weighted by atomic mass is 32.1. The summed E-state index contributed by atoms with van der Waals surface area (Å²) in [4.78, 5) is 9.05. The van der Waals surface area contributed by atoms with E-state index in [-0.39, 0.29) is 0 Å². The molecule has 6 heteroatoms. The van der Waals surface area contributed by atoms with Gasteiger partial charge in [-0.15, -0.1) is 11.3 Å². The number of hydrogen-bond acceptors (Lipinski definition) is 5. The van der Waals surface area contributed by atoms with Crippen LogP contribution in [0.1, 0.15) is 37.8 Å². The predicted octanol–water partition coefficient (Wildman–Crippen LogP) is 3.38. The molecular weight excluding hydrogens is 306 g/mol. The fourth-order valence-corrected chi connectivity index (χ4v) is 3.42. The number of nitrogens with one attached hydrogen (secondary N) is 1. The summed E-state index contributed by atoms with van der Waals surface area (Å²) in [6, 6.07) is 8.72. The van der Waals surface area contributed by atoms with Gasteiger partial charge in [0.1, 0.15) is 5.82 Å². The fourth-order valence-electron chi connectivity index (χ4n) is 2.83. The Balaban J connectivity index is 1.57. The Labute approximate surface area is 140 Å². The Bertz CT molecular complexity index is 774. The van der Waals surface area contributed by atoms with E-state index in [2.05, 4.69) is 46.9 Å². The standard InChI is InChI=1S/C17H23N5S/c1-12(2)22-15-8-4-3-7-14(15)21-16(22)10-19-9-5-6-13-11-23-17(18)20-13/h3-4,7-8,11-12,19H,5-6,9-10H2,1-2H3,(H2,18,20). The Hall–Kier alpha value is -1.92. The molecule has 0 saturated heterocycles. The molecule has 0 fully saturated rings. The smallest absolute Gasteiger partial charge is 0.180 e. The number of thiazole rings is 1. The first-order valence-electron chi connectivity index (χ1n) is 8.01. The molecule has 0 radical (unpaired) electrons. The number of nitrogen functional groups attached to an aromatic ring is 1. The van der Waals surface area contributed by atoms with Gasteiger partial charge in [-0.3, -0.25) is 0 Å². The molecule has 23 heavy (non-hydrogen) atoms. The molecule has 0 aliphatic heterocycles. The Morgan fingerprint density at radius 2 is 2.09 bits per heavy atom. The van der Waals surface area contributed by atoms with Crippen molar-refractivity contribution in [2.45, 2.75) is 39.3 Å². The van der Waals surface area contributed by atoms with Crippen molar-refractivity contribution < 1.29 is 0 Å². The molecule has 2 aromatic heterocycles. The fraction of sp³-hybridized carbons (Fsp3) is 0.412. The molecule has 3 aromatic rings. The van der Waals surface area contributed by atoms with Crippen LogP contribution in [0.2, 0.25) is 0 Å². The molecule has 0 atom stereocenters. The second-order valence-electron chi connectivity index (χ2n) is 5.94. The molecule has 0 aliphatic rings. The number of para-hydroxylation sites is 2. The number of aryl methyl sites for hydroxylation is 1. The van der Waals surface area contributed by atoms with Crippen LogP contribution in [0.25, 0.3) is 11.0 Å². The van der Waals surface area contributed by atoms with Gasteiger partial charge in [-0.25, -0.2) is 9.97 Å². The second kappa shape index (κ2) is 7.10. The minimum Gasteiger partial charge on any atom is -0.375 e. The van der Waals surface area contributed by atoms with Crippen molar-refractivity contribution in [2.75, 3.05) is 12.3 Å². The number of nitrogens with two attached hydrogens (primary N) is 1. The third-order valence-electron chi connectivity index (χ3n) is 3.82. The minimum absolute atomic E-state index is 0.400. The highest BCUT2D eigenvalue weighted by Gasteiger charge is 2.12. The van der Waals surface area contributed by atoms with E-state index in [0.29, 0.717) is 11.2 Å². The molecule has 3 N–H and O–H groups in total. The second-order valence-corrected chi connectivity index (χ2v) is 6.83. The van der Waals surface area contributed by atoms with Gasteiger partial charge in [-0.05, 0) is 45.4 Å². The van der Waals surface area contributed by atoms with E-state index >= 15 is 0 Å². The van der Waals surface area contributed by atoms with Crippen LogP contribution < -0.4 is 11.1 Å². The lowest BCUT2D eigenvalue weighted by atomic mass is 10.2. The summed E-state index contributed by atoms with van der Waals surface area (Å²) in [6.45, 7) is 6.12. The normalized spacial score (nSPS) is 11.6. The zero-order valence-corrected chi connectivity index (χ0v) is 14.4. The van der Waals surface area contributed by atoms with Gasteiger partial charge in [-0.1, -0.05) is 12.1 Å². The summed E-state index contributed by atoms with van der Waals surface area (Å²) in [5, 5.41) is 6.18. The highest BCUT2D eigenvalue weighted by molar-refractivity contribution is 7.13. The topological polar surface area (TPSA) is 68.8 Å². The van der Waals surface area contributed by atoms with Crippen molar-refractivity contribution in [1.82, 2.24) is 19.9 Å². The summed E-state index contributed by atoms with van der Waals surface area (Å²) < 4.78 is 2.31. The number of rotatable bonds is 7. The summed E-state index contributed by atoms with van der Waals surface area (Å²) >= 11 is 1.51. The van der Waals surface area contributed by atoms with Gasteiger partial charge in [0.15, 0.2) is 5.13 Å². The van der Waals surface area contributed by atoms with Gasteiger partial charge >= 0.3 is 0 Å². The van der Waals surface area contributed by atoms with Gasteiger partial charge < -0.3 is 15.6 Å². The summed E-state index contributed by atoms with van der Waals surface area (Å²) in [5.41, 5.74) is 9.01. The molecule has 0 aliphatic carbocycles. The van der Waals surface area contributed by atoms with E-state index in [1.54, 1.807) is 0 Å². The molecule has 0 saturated carbocycles. The average molecular weight is 329 g/mol. The average Bonchev–Trinajstić information content (AvgIpc) is 3.10. The molecule has 3 rings (SSSR count). The summed E-state index contributed by atoms with van der Waals surface area (Å²) in [5.74, 6) is 1.10. The van der Waals surface area contributed by atoms with Gasteiger partial charge in [-0.2, -0.15) is 0 Å². The van der Waals surface area contributed by atoms with Crippen molar-refractivity contribution >= 4 is 27.5 Å². The van der Waals surface area contributed by atoms with Gasteiger partial charge in [0, 0.05) is 11.4 Å². The van der Waals surface area contributed by atoms with Crippen LogP contribution in [-0.2, 0) is 13.0 Å². The van der Waals surface area contributed by atoms with Crippen LogP contribution in [0.5, 0.6) is 0 Å². The van der Waals surface area contributed by atoms with E-state index < -0.39 is 0 Å². The van der Waals surface area contributed by atoms with Gasteiger partial charge in [0.05, 0.1) is 23.3 Å². The Morgan fingerprint density at radius 1 is 1.26 bits per heavy atom. The van der Waals surface area contributed by atoms with Crippen molar-refractivity contribution in [1.29, 1.82) is 0 Å². The van der Waals surface area contributed by atoms with Crippen LogP contribution in [0.3, 0.4) is 0 Å². The van der Waals surface area contributed by atoms with E-state index in [1.165, 1.54) is 16.9 Å². The summed E-state index contributed by atoms with van der Waals surface area (Å²) in [6.07, 6.45) is 2.01. The molecule has 5 nitrogen and oxygen atoms in total. The van der Waals surface area contributed by atoms with E-state index in [1.807, 2.05) is 11.4 Å². The molecule has 1 aromatic carbocycles. The lowest BCUT2D eigenvalue weighted by Gasteiger charge is -2.13. The van der Waals surface area contributed by atoms with Crippen LogP contribution in [0.15, 0.2) is 29.6 Å². The van der Waals surface area contributed by atoms with Crippen molar-refractivity contribution in [3.63, 3.8) is 0 Å². The molecule has 0 unspecified atom stereocenters. The molecule has 122 valence electrons. The van der Waals surface area contributed by atoms with Crippen molar-refractivity contribution in [2.24, 2.45) is 0 Å². The predicted molar refractivity (Wildman–Crippen MR) is 96.7 cm³/mol. The van der Waals surface area contributed by atoms with E-state index in [0.717, 1.165) is 43.0 Å². The zero-order chi connectivity index (χ0) is 16.2. The molecule has 2 heterocycles. The zero-order valence-electron chi connectivity index (χ0n) is 13.6. The Kier molecular flexibility index (Phi) is 4.93. The maximum atomic E-state index is 5.65. The molecule has 0 spiro atoms. The monoisotopic (exact) mass is 329 g/mol. The highest BCUT2D eigenvalue weighted by Crippen LogP contribution is 2.20. The lowest BCUT2D eigenvalue weighted by Crippen LogP contribution is -2.19. The number of nitrogens with zero attached hydrogens (tertiary/aromatic N) is 3. The van der Waals surface area contributed by atoms with E-state index in [9.17, 15) is 0 Å².